The molecule has 1 aliphatic heterocycles. The quantitative estimate of drug-likeness (QED) is 0.802. The van der Waals surface area contributed by atoms with E-state index in [1.165, 1.54) is 0 Å². The van der Waals surface area contributed by atoms with Crippen molar-refractivity contribution in [3.8, 4) is 5.75 Å². The van der Waals surface area contributed by atoms with E-state index in [4.69, 9.17) is 9.47 Å². The molecule has 1 aromatic carbocycles. The van der Waals surface area contributed by atoms with Crippen LogP contribution < -0.4 is 9.46 Å². The highest BCUT2D eigenvalue weighted by Crippen LogP contribution is 2.27. The maximum Gasteiger partial charge on any atom is 0.244 e. The predicted octanol–water partition coefficient (Wildman–Crippen LogP) is 2.32. The van der Waals surface area contributed by atoms with E-state index in [2.05, 4.69) is 9.71 Å². The predicted molar refractivity (Wildman–Crippen MR) is 98.7 cm³/mol. The Morgan fingerprint density at radius 3 is 2.73 bits per heavy atom. The molecular weight excluding hydrogens is 352 g/mol. The number of rotatable bonds is 7. The van der Waals surface area contributed by atoms with Crippen molar-refractivity contribution in [2.24, 2.45) is 5.92 Å². The van der Waals surface area contributed by atoms with E-state index in [0.29, 0.717) is 25.6 Å². The molecule has 7 heteroatoms. The molecular formula is C19H24N2O4S. The van der Waals surface area contributed by atoms with Crippen molar-refractivity contribution in [3.05, 3.63) is 53.9 Å². The van der Waals surface area contributed by atoms with E-state index in [1.807, 2.05) is 32.0 Å². The van der Waals surface area contributed by atoms with Crippen molar-refractivity contribution in [2.45, 2.75) is 31.2 Å². The zero-order chi connectivity index (χ0) is 18.6. The first-order chi connectivity index (χ1) is 12.5. The van der Waals surface area contributed by atoms with Gasteiger partial charge in [0.2, 0.25) is 10.0 Å². The highest BCUT2D eigenvalue weighted by Gasteiger charge is 2.33. The molecule has 0 spiro atoms. The number of sulfonamides is 1. The fraction of sp³-hybridized carbons (Fsp3) is 0.421. The van der Waals surface area contributed by atoms with Gasteiger partial charge in [-0.2, -0.15) is 0 Å². The van der Waals surface area contributed by atoms with E-state index in [-0.39, 0.29) is 16.9 Å². The monoisotopic (exact) mass is 376 g/mol. The Kier molecular flexibility index (Phi) is 5.90. The van der Waals surface area contributed by atoms with Crippen LogP contribution in [0.15, 0.2) is 47.6 Å². The normalized spacial score (nSPS) is 20.2. The summed E-state index contributed by atoms with van der Waals surface area (Å²) < 4.78 is 39.8. The largest absolute Gasteiger partial charge is 0.492 e. The maximum atomic E-state index is 13.0. The van der Waals surface area contributed by atoms with E-state index in [0.717, 1.165) is 17.5 Å². The highest BCUT2D eigenvalue weighted by molar-refractivity contribution is 7.89. The number of ether oxygens (including phenoxy) is 2. The molecule has 0 unspecified atom stereocenters. The number of aromatic nitrogens is 1. The minimum atomic E-state index is -3.71. The number of benzene rings is 1. The highest BCUT2D eigenvalue weighted by atomic mass is 32.2. The maximum absolute atomic E-state index is 13.0. The first-order valence-corrected chi connectivity index (χ1v) is 10.2. The zero-order valence-corrected chi connectivity index (χ0v) is 15.8. The van der Waals surface area contributed by atoms with E-state index >= 15 is 0 Å². The Morgan fingerprint density at radius 2 is 2.00 bits per heavy atom. The minimum absolute atomic E-state index is 0.0764. The molecule has 1 saturated heterocycles. The van der Waals surface area contributed by atoms with Crippen LogP contribution in [-0.2, 0) is 21.2 Å². The summed E-state index contributed by atoms with van der Waals surface area (Å²) in [5, 5.41) is 0. The lowest BCUT2D eigenvalue weighted by Gasteiger charge is -2.20. The summed E-state index contributed by atoms with van der Waals surface area (Å²) in [4.78, 5) is 4.19. The van der Waals surface area contributed by atoms with E-state index in [1.54, 1.807) is 24.5 Å². The standard InChI is InChI=1S/C19H24N2O4S/c1-3-25-18-5-4-14(2)10-19(18)26(22,23)21-17-13-24-12-16(17)11-15-6-8-20-9-7-15/h4-10,16-17,21H,3,11-13H2,1-2H3/t16-,17+/m1/s1. The minimum Gasteiger partial charge on any atom is -0.492 e. The van der Waals surface area contributed by atoms with E-state index in [9.17, 15) is 8.42 Å². The number of hydrogen-bond acceptors (Lipinski definition) is 5. The molecule has 140 valence electrons. The van der Waals surface area contributed by atoms with Gasteiger partial charge in [0.25, 0.3) is 0 Å². The van der Waals surface area contributed by atoms with Gasteiger partial charge in [0.1, 0.15) is 10.6 Å². The molecule has 1 aliphatic rings. The van der Waals surface area contributed by atoms with Crippen LogP contribution in [0, 0.1) is 12.8 Å². The number of aryl methyl sites for hydroxylation is 1. The molecule has 2 atom stereocenters. The molecule has 0 saturated carbocycles. The van der Waals surface area contributed by atoms with Crippen LogP contribution in [0.4, 0.5) is 0 Å². The molecule has 0 bridgehead atoms. The third kappa shape index (κ3) is 4.41. The molecule has 1 N–H and O–H groups in total. The topological polar surface area (TPSA) is 77.5 Å². The van der Waals surface area contributed by atoms with Gasteiger partial charge >= 0.3 is 0 Å². The Bertz CT molecular complexity index is 840. The average Bonchev–Trinajstić information content (AvgIpc) is 3.03. The summed E-state index contributed by atoms with van der Waals surface area (Å²) in [7, 11) is -3.71. The van der Waals surface area contributed by atoms with Crippen molar-refractivity contribution >= 4 is 10.0 Å². The first kappa shape index (κ1) is 18.8. The van der Waals surface area contributed by atoms with Gasteiger partial charge in [-0.1, -0.05) is 6.07 Å². The second-order valence-electron chi connectivity index (χ2n) is 6.47. The lowest BCUT2D eigenvalue weighted by molar-refractivity contribution is 0.183. The molecule has 3 rings (SSSR count). The van der Waals surface area contributed by atoms with Crippen LogP contribution in [0.1, 0.15) is 18.1 Å². The molecule has 26 heavy (non-hydrogen) atoms. The van der Waals surface area contributed by atoms with Crippen molar-refractivity contribution in [1.29, 1.82) is 0 Å². The van der Waals surface area contributed by atoms with Gasteiger partial charge in [-0.25, -0.2) is 13.1 Å². The molecule has 2 heterocycles. The molecule has 0 amide bonds. The lowest BCUT2D eigenvalue weighted by Crippen LogP contribution is -2.40. The Hall–Kier alpha value is -1.96. The SMILES string of the molecule is CCOc1ccc(C)cc1S(=O)(=O)N[C@H]1COC[C@H]1Cc1ccncc1. The van der Waals surface area contributed by atoms with Crippen molar-refractivity contribution in [1.82, 2.24) is 9.71 Å². The van der Waals surface area contributed by atoms with Crippen molar-refractivity contribution in [2.75, 3.05) is 19.8 Å². The summed E-state index contributed by atoms with van der Waals surface area (Å²) in [5.74, 6) is 0.447. The summed E-state index contributed by atoms with van der Waals surface area (Å²) in [6, 6.07) is 8.79. The van der Waals surface area contributed by atoms with Crippen molar-refractivity contribution < 1.29 is 17.9 Å². The number of pyridine rings is 1. The second kappa shape index (κ2) is 8.16. The molecule has 6 nitrogen and oxygen atoms in total. The molecule has 1 aromatic heterocycles. The summed E-state index contributed by atoms with van der Waals surface area (Å²) >= 11 is 0. The number of hydrogen-bond donors (Lipinski definition) is 1. The smallest absolute Gasteiger partial charge is 0.244 e. The Labute approximate surface area is 154 Å². The van der Waals surface area contributed by atoms with Gasteiger partial charge in [-0.15, -0.1) is 0 Å². The molecule has 2 aromatic rings. The lowest BCUT2D eigenvalue weighted by atomic mass is 9.96. The fourth-order valence-electron chi connectivity index (χ4n) is 3.11. The van der Waals surface area contributed by atoms with Gasteiger partial charge in [-0.3, -0.25) is 4.98 Å². The summed E-state index contributed by atoms with van der Waals surface area (Å²) in [6.45, 7) is 4.99. The third-order valence-electron chi connectivity index (χ3n) is 4.44. The van der Waals surface area contributed by atoms with Crippen molar-refractivity contribution in [3.63, 3.8) is 0 Å². The number of nitrogens with one attached hydrogen (secondary N) is 1. The zero-order valence-electron chi connectivity index (χ0n) is 15.0. The second-order valence-corrected chi connectivity index (χ2v) is 8.15. The molecule has 0 radical (unpaired) electrons. The molecule has 0 aliphatic carbocycles. The van der Waals surface area contributed by atoms with Crippen LogP contribution in [0.25, 0.3) is 0 Å². The van der Waals surface area contributed by atoms with Crippen LogP contribution in [0.5, 0.6) is 5.75 Å². The van der Waals surface area contributed by atoms with Crippen LogP contribution in [-0.4, -0.2) is 39.3 Å². The third-order valence-corrected chi connectivity index (χ3v) is 5.95. The Morgan fingerprint density at radius 1 is 1.23 bits per heavy atom. The summed E-state index contributed by atoms with van der Waals surface area (Å²) in [5.41, 5.74) is 1.98. The van der Waals surface area contributed by atoms with Crippen LogP contribution in [0.3, 0.4) is 0 Å². The summed E-state index contributed by atoms with van der Waals surface area (Å²) in [6.07, 6.45) is 4.22. The number of nitrogens with zero attached hydrogens (tertiary/aromatic N) is 1. The van der Waals surface area contributed by atoms with Gasteiger partial charge in [-0.05, 0) is 55.7 Å². The van der Waals surface area contributed by atoms with Gasteiger partial charge in [0.05, 0.1) is 25.9 Å². The fourth-order valence-corrected chi connectivity index (χ4v) is 4.63. The van der Waals surface area contributed by atoms with Crippen LogP contribution in [0.2, 0.25) is 0 Å². The van der Waals surface area contributed by atoms with Gasteiger partial charge in [0, 0.05) is 18.3 Å². The molecule has 1 fully saturated rings. The average molecular weight is 376 g/mol. The van der Waals surface area contributed by atoms with Gasteiger partial charge < -0.3 is 9.47 Å². The van der Waals surface area contributed by atoms with Crippen LogP contribution >= 0.6 is 0 Å². The first-order valence-electron chi connectivity index (χ1n) is 8.72. The van der Waals surface area contributed by atoms with E-state index < -0.39 is 10.0 Å². The van der Waals surface area contributed by atoms with Gasteiger partial charge in [0.15, 0.2) is 0 Å². The Balaban J connectivity index is 1.79.